The molecule has 2 aliphatic rings. The number of hydrogen-bond donors (Lipinski definition) is 1. The molecule has 2 aromatic rings. The molecule has 112 valence electrons. The topological polar surface area (TPSA) is 28.7 Å². The van der Waals surface area contributed by atoms with Gasteiger partial charge in [-0.3, -0.25) is 0 Å². The van der Waals surface area contributed by atoms with Gasteiger partial charge >= 0.3 is 0 Å². The number of pyridine rings is 1. The fourth-order valence-corrected chi connectivity index (χ4v) is 4.10. The van der Waals surface area contributed by atoms with Crippen LogP contribution in [0.5, 0.6) is 0 Å². The predicted molar refractivity (Wildman–Crippen MR) is 98.2 cm³/mol. The van der Waals surface area contributed by atoms with Crippen LogP contribution in [0.1, 0.15) is 19.4 Å². The summed E-state index contributed by atoms with van der Waals surface area (Å²) in [6, 6.07) is 2.03. The molecule has 1 N–H and O–H groups in total. The number of aromatic nitrogens is 2. The number of fused-ring (bicyclic) bond motifs is 2. The van der Waals surface area contributed by atoms with E-state index in [0.717, 1.165) is 16.6 Å². The highest BCUT2D eigenvalue weighted by atomic mass is 35.5. The molecule has 0 fully saturated rings. The van der Waals surface area contributed by atoms with Crippen LogP contribution in [0.25, 0.3) is 15.9 Å². The van der Waals surface area contributed by atoms with Gasteiger partial charge in [0, 0.05) is 28.2 Å². The zero-order valence-electron chi connectivity index (χ0n) is 12.5. The molecule has 1 atom stereocenters. The zero-order valence-corrected chi connectivity index (χ0v) is 14.1. The van der Waals surface area contributed by atoms with Gasteiger partial charge in [0.15, 0.2) is 0 Å². The van der Waals surface area contributed by atoms with E-state index in [2.05, 4.69) is 46.4 Å². The highest BCUT2D eigenvalue weighted by Gasteiger charge is 2.24. The minimum atomic E-state index is 0.373. The minimum absolute atomic E-state index is 0.373. The van der Waals surface area contributed by atoms with E-state index < -0.39 is 0 Å². The lowest BCUT2D eigenvalue weighted by atomic mass is 10.1. The molecular formula is C18H17ClN2S. The largest absolute Gasteiger partial charge is 0.346 e. The highest BCUT2D eigenvalue weighted by molar-refractivity contribution is 8.09. The highest BCUT2D eigenvalue weighted by Crippen LogP contribution is 2.46. The maximum atomic E-state index is 6.39. The van der Waals surface area contributed by atoms with Crippen LogP contribution in [0.2, 0.25) is 5.02 Å². The van der Waals surface area contributed by atoms with Crippen molar-refractivity contribution in [1.82, 2.24) is 9.97 Å². The van der Waals surface area contributed by atoms with Crippen LogP contribution in [0.3, 0.4) is 0 Å². The molecule has 0 spiro atoms. The monoisotopic (exact) mass is 328 g/mol. The number of rotatable bonds is 1. The Morgan fingerprint density at radius 1 is 1.23 bits per heavy atom. The number of aromatic amines is 1. The van der Waals surface area contributed by atoms with Crippen LogP contribution in [0.15, 0.2) is 60.5 Å². The van der Waals surface area contributed by atoms with E-state index in [4.69, 9.17) is 11.6 Å². The van der Waals surface area contributed by atoms with Gasteiger partial charge in [0.1, 0.15) is 5.65 Å². The van der Waals surface area contributed by atoms with Crippen molar-refractivity contribution in [3.8, 4) is 0 Å². The lowest BCUT2D eigenvalue weighted by Gasteiger charge is -2.08. The standard InChI is InChI=1S/C16H11ClN2S.C2H6/c17-12-9-19-16-11(6-7-18-16)15(12)14-8-10-4-2-1-3-5-13(10)20-14;1-2/h1-9,13H,(H,18,19);1-2H3. The van der Waals surface area contributed by atoms with Crippen molar-refractivity contribution < 1.29 is 0 Å². The molecule has 1 aliphatic heterocycles. The molecule has 0 bridgehead atoms. The Bertz CT molecular complexity index is 812. The van der Waals surface area contributed by atoms with Gasteiger partial charge in [0.2, 0.25) is 0 Å². The quantitative estimate of drug-likeness (QED) is 0.721. The Morgan fingerprint density at radius 2 is 2.09 bits per heavy atom. The molecule has 0 saturated heterocycles. The summed E-state index contributed by atoms with van der Waals surface area (Å²) >= 11 is 8.22. The Morgan fingerprint density at radius 3 is 2.95 bits per heavy atom. The lowest BCUT2D eigenvalue weighted by molar-refractivity contribution is 1.32. The van der Waals surface area contributed by atoms with Gasteiger partial charge < -0.3 is 4.98 Å². The molecule has 1 unspecified atom stereocenters. The van der Waals surface area contributed by atoms with E-state index in [1.807, 2.05) is 37.9 Å². The number of nitrogens with one attached hydrogen (secondary N) is 1. The SMILES string of the molecule is CC.Clc1cnc2[nH]ccc2c1C1=CC2=CC=CC=CC2S1. The Kier molecular flexibility index (Phi) is 4.55. The van der Waals surface area contributed by atoms with Gasteiger partial charge in [0.25, 0.3) is 0 Å². The second kappa shape index (κ2) is 6.59. The molecule has 0 saturated carbocycles. The van der Waals surface area contributed by atoms with E-state index in [0.29, 0.717) is 10.3 Å². The van der Waals surface area contributed by atoms with Crippen LogP contribution in [-0.2, 0) is 0 Å². The molecule has 4 rings (SSSR count). The van der Waals surface area contributed by atoms with Crippen LogP contribution < -0.4 is 0 Å². The van der Waals surface area contributed by atoms with Crippen LogP contribution in [0.4, 0.5) is 0 Å². The number of halogens is 1. The first-order valence-corrected chi connectivity index (χ1v) is 8.64. The second-order valence-electron chi connectivity index (χ2n) is 4.70. The average Bonchev–Trinajstić information content (AvgIpc) is 3.11. The minimum Gasteiger partial charge on any atom is -0.346 e. The summed E-state index contributed by atoms with van der Waals surface area (Å²) in [6.07, 6.45) is 16.4. The van der Waals surface area contributed by atoms with Crippen molar-refractivity contribution >= 4 is 39.3 Å². The molecule has 2 nitrogen and oxygen atoms in total. The first-order chi connectivity index (χ1) is 10.8. The van der Waals surface area contributed by atoms with Gasteiger partial charge in [-0.1, -0.05) is 55.8 Å². The summed E-state index contributed by atoms with van der Waals surface area (Å²) in [5, 5.41) is 2.15. The van der Waals surface area contributed by atoms with Gasteiger partial charge in [-0.25, -0.2) is 4.98 Å². The maximum Gasteiger partial charge on any atom is 0.137 e. The smallest absolute Gasteiger partial charge is 0.137 e. The van der Waals surface area contributed by atoms with E-state index in [1.165, 1.54) is 10.5 Å². The molecule has 4 heteroatoms. The number of allylic oxidation sites excluding steroid dienone is 5. The number of thioether (sulfide) groups is 1. The van der Waals surface area contributed by atoms with Crippen molar-refractivity contribution in [3.63, 3.8) is 0 Å². The lowest BCUT2D eigenvalue weighted by Crippen LogP contribution is -1.94. The van der Waals surface area contributed by atoms with Gasteiger partial charge in [-0.05, 0) is 17.7 Å². The fourth-order valence-electron chi connectivity index (χ4n) is 2.53. The Hall–Kier alpha value is -1.71. The second-order valence-corrected chi connectivity index (χ2v) is 6.30. The van der Waals surface area contributed by atoms with Crippen molar-refractivity contribution in [2.45, 2.75) is 19.1 Å². The molecule has 0 radical (unpaired) electrons. The van der Waals surface area contributed by atoms with Crippen molar-refractivity contribution in [3.05, 3.63) is 71.1 Å². The summed E-state index contributed by atoms with van der Waals surface area (Å²) in [7, 11) is 0. The summed E-state index contributed by atoms with van der Waals surface area (Å²) in [6.45, 7) is 4.00. The van der Waals surface area contributed by atoms with Crippen molar-refractivity contribution in [2.75, 3.05) is 0 Å². The summed E-state index contributed by atoms with van der Waals surface area (Å²) < 4.78 is 0. The van der Waals surface area contributed by atoms with E-state index in [1.54, 1.807) is 6.20 Å². The zero-order chi connectivity index (χ0) is 15.5. The van der Waals surface area contributed by atoms with E-state index in [9.17, 15) is 0 Å². The normalized spacial score (nSPS) is 19.1. The molecule has 0 amide bonds. The maximum absolute atomic E-state index is 6.39. The molecule has 1 aliphatic carbocycles. The molecule has 0 aromatic carbocycles. The first-order valence-electron chi connectivity index (χ1n) is 7.38. The summed E-state index contributed by atoms with van der Waals surface area (Å²) in [4.78, 5) is 8.66. The number of nitrogens with zero attached hydrogens (tertiary/aromatic N) is 1. The van der Waals surface area contributed by atoms with Crippen LogP contribution >= 0.6 is 23.4 Å². The molecule has 2 aromatic heterocycles. The van der Waals surface area contributed by atoms with Gasteiger partial charge in [-0.15, -0.1) is 11.8 Å². The van der Waals surface area contributed by atoms with Crippen molar-refractivity contribution in [2.24, 2.45) is 0 Å². The first kappa shape index (κ1) is 15.2. The van der Waals surface area contributed by atoms with Crippen molar-refractivity contribution in [1.29, 1.82) is 0 Å². The predicted octanol–water partition coefficient (Wildman–Crippen LogP) is 5.75. The van der Waals surface area contributed by atoms with E-state index >= 15 is 0 Å². The average molecular weight is 329 g/mol. The van der Waals surface area contributed by atoms with E-state index in [-0.39, 0.29) is 0 Å². The fraction of sp³-hybridized carbons (Fsp3) is 0.167. The van der Waals surface area contributed by atoms with Crippen LogP contribution in [0, 0.1) is 0 Å². The van der Waals surface area contributed by atoms with Gasteiger partial charge in [0.05, 0.1) is 10.3 Å². The van der Waals surface area contributed by atoms with Crippen LogP contribution in [-0.4, -0.2) is 15.2 Å². The summed E-state index contributed by atoms with van der Waals surface area (Å²) in [5.41, 5.74) is 3.27. The third-order valence-electron chi connectivity index (χ3n) is 3.46. The Balaban J connectivity index is 0.000000693. The van der Waals surface area contributed by atoms with Gasteiger partial charge in [-0.2, -0.15) is 0 Å². The molecule has 3 heterocycles. The molecule has 22 heavy (non-hydrogen) atoms. The molecular weight excluding hydrogens is 312 g/mol. The number of hydrogen-bond acceptors (Lipinski definition) is 2. The number of H-pyrrole nitrogens is 1. The Labute approximate surface area is 139 Å². The summed E-state index contributed by atoms with van der Waals surface area (Å²) in [5.74, 6) is 0. The third kappa shape index (κ3) is 2.67. The third-order valence-corrected chi connectivity index (χ3v) is 5.01.